The Labute approximate surface area is 126 Å². The molecule has 4 heteroatoms. The number of hydrogen-bond donors (Lipinski definition) is 0. The zero-order valence-electron chi connectivity index (χ0n) is 13.1. The first-order valence-corrected chi connectivity index (χ1v) is 8.36. The Morgan fingerprint density at radius 1 is 1.40 bits per heavy atom. The van der Waals surface area contributed by atoms with Crippen molar-refractivity contribution in [3.05, 3.63) is 22.4 Å². The highest BCUT2D eigenvalue weighted by Gasteiger charge is 2.21. The Morgan fingerprint density at radius 3 is 2.60 bits per heavy atom. The molecule has 1 heterocycles. The van der Waals surface area contributed by atoms with E-state index in [0.29, 0.717) is 5.92 Å². The minimum atomic E-state index is -0.179. The smallest absolute Gasteiger partial charge is 0.302 e. The lowest BCUT2D eigenvalue weighted by atomic mass is 9.97. The molecule has 1 aromatic heterocycles. The fourth-order valence-electron chi connectivity index (χ4n) is 2.31. The quantitative estimate of drug-likeness (QED) is 0.652. The van der Waals surface area contributed by atoms with Crippen LogP contribution in [0.4, 0.5) is 0 Å². The van der Waals surface area contributed by atoms with Gasteiger partial charge in [-0.3, -0.25) is 4.79 Å². The summed E-state index contributed by atoms with van der Waals surface area (Å²) >= 11 is 1.73. The maximum atomic E-state index is 11.3. The van der Waals surface area contributed by atoms with Crippen molar-refractivity contribution in [2.24, 2.45) is 5.92 Å². The molecule has 0 aliphatic heterocycles. The number of rotatable bonds is 9. The zero-order valence-corrected chi connectivity index (χ0v) is 13.9. The molecule has 0 spiro atoms. The van der Waals surface area contributed by atoms with E-state index in [1.54, 1.807) is 11.3 Å². The van der Waals surface area contributed by atoms with Gasteiger partial charge in [0.15, 0.2) is 0 Å². The number of thiophene rings is 1. The maximum absolute atomic E-state index is 11.3. The van der Waals surface area contributed by atoms with Crippen molar-refractivity contribution < 1.29 is 9.53 Å². The third kappa shape index (κ3) is 6.06. The van der Waals surface area contributed by atoms with Crippen LogP contribution in [-0.2, 0) is 16.0 Å². The van der Waals surface area contributed by atoms with E-state index < -0.39 is 0 Å². The molecule has 0 aromatic carbocycles. The average molecular weight is 297 g/mol. The van der Waals surface area contributed by atoms with E-state index >= 15 is 0 Å². The van der Waals surface area contributed by atoms with Crippen molar-refractivity contribution in [3.63, 3.8) is 0 Å². The van der Waals surface area contributed by atoms with Crippen molar-refractivity contribution >= 4 is 17.3 Å². The van der Waals surface area contributed by atoms with Gasteiger partial charge in [-0.1, -0.05) is 26.8 Å². The van der Waals surface area contributed by atoms with Crippen LogP contribution in [-0.4, -0.2) is 36.6 Å². The van der Waals surface area contributed by atoms with Gasteiger partial charge in [0.05, 0.1) is 0 Å². The van der Waals surface area contributed by atoms with Gasteiger partial charge < -0.3 is 9.64 Å². The summed E-state index contributed by atoms with van der Waals surface area (Å²) in [6.45, 7) is 11.3. The van der Waals surface area contributed by atoms with E-state index in [1.165, 1.54) is 11.8 Å². The summed E-state index contributed by atoms with van der Waals surface area (Å²) in [4.78, 5) is 15.0. The maximum Gasteiger partial charge on any atom is 0.302 e. The molecular weight excluding hydrogens is 270 g/mol. The summed E-state index contributed by atoms with van der Waals surface area (Å²) in [6, 6.07) is 4.16. The second-order valence-electron chi connectivity index (χ2n) is 5.22. The van der Waals surface area contributed by atoms with Gasteiger partial charge in [0.25, 0.3) is 0 Å². The average Bonchev–Trinajstić information content (AvgIpc) is 2.91. The largest absolute Gasteiger partial charge is 0.462 e. The topological polar surface area (TPSA) is 29.5 Å². The molecule has 0 saturated carbocycles. The van der Waals surface area contributed by atoms with E-state index in [1.807, 2.05) is 6.07 Å². The predicted molar refractivity (Wildman–Crippen MR) is 85.1 cm³/mol. The lowest BCUT2D eigenvalue weighted by Gasteiger charge is -2.26. The van der Waals surface area contributed by atoms with Crippen LogP contribution in [0, 0.1) is 5.92 Å². The van der Waals surface area contributed by atoms with Crippen LogP contribution in [0.2, 0.25) is 0 Å². The monoisotopic (exact) mass is 297 g/mol. The first-order valence-electron chi connectivity index (χ1n) is 7.48. The third-order valence-electron chi connectivity index (χ3n) is 3.73. The lowest BCUT2D eigenvalue weighted by Crippen LogP contribution is -2.31. The molecule has 0 saturated heterocycles. The van der Waals surface area contributed by atoms with Crippen LogP contribution in [0.1, 0.15) is 39.0 Å². The normalized spacial score (nSPS) is 14.2. The van der Waals surface area contributed by atoms with Crippen molar-refractivity contribution in [1.29, 1.82) is 0 Å². The van der Waals surface area contributed by atoms with Crippen LogP contribution in [0.15, 0.2) is 17.5 Å². The Bertz CT molecular complexity index is 374. The van der Waals surface area contributed by atoms with Gasteiger partial charge in [-0.05, 0) is 43.4 Å². The molecule has 20 heavy (non-hydrogen) atoms. The molecule has 114 valence electrons. The van der Waals surface area contributed by atoms with E-state index in [9.17, 15) is 4.79 Å². The molecule has 0 radical (unpaired) electrons. The SMILES string of the molecule is CCN(CC)CC[C@@H](C)[C@H](Cc1cccs1)OC(C)=O. The lowest BCUT2D eigenvalue weighted by molar-refractivity contribution is -0.148. The minimum Gasteiger partial charge on any atom is -0.462 e. The number of carbonyl (C=O) groups is 1. The van der Waals surface area contributed by atoms with E-state index in [4.69, 9.17) is 4.74 Å². The Hall–Kier alpha value is -0.870. The highest BCUT2D eigenvalue weighted by Crippen LogP contribution is 2.20. The van der Waals surface area contributed by atoms with Crippen molar-refractivity contribution in [2.45, 2.75) is 46.6 Å². The van der Waals surface area contributed by atoms with Crippen LogP contribution in [0.3, 0.4) is 0 Å². The molecular formula is C16H27NO2S. The predicted octanol–water partition coefficient (Wildman–Crippen LogP) is 3.59. The second kappa shape index (κ2) is 9.14. The molecule has 2 atom stereocenters. The highest BCUT2D eigenvalue weighted by molar-refractivity contribution is 7.09. The Kier molecular flexibility index (Phi) is 7.85. The minimum absolute atomic E-state index is 0.0123. The number of ether oxygens (including phenoxy) is 1. The van der Waals surface area contributed by atoms with Crippen LogP contribution in [0.5, 0.6) is 0 Å². The molecule has 3 nitrogen and oxygen atoms in total. The number of esters is 1. The van der Waals surface area contributed by atoms with E-state index in [2.05, 4.69) is 37.1 Å². The zero-order chi connectivity index (χ0) is 15.0. The fraction of sp³-hybridized carbons (Fsp3) is 0.688. The van der Waals surface area contributed by atoms with Crippen LogP contribution < -0.4 is 0 Å². The molecule has 1 rings (SSSR count). The molecule has 1 aromatic rings. The van der Waals surface area contributed by atoms with Crippen molar-refractivity contribution in [3.8, 4) is 0 Å². The van der Waals surface area contributed by atoms with E-state index in [0.717, 1.165) is 32.5 Å². The van der Waals surface area contributed by atoms with Crippen LogP contribution in [0.25, 0.3) is 0 Å². The first kappa shape index (κ1) is 17.2. The van der Waals surface area contributed by atoms with Crippen molar-refractivity contribution in [2.75, 3.05) is 19.6 Å². The van der Waals surface area contributed by atoms with Gasteiger partial charge >= 0.3 is 5.97 Å². The van der Waals surface area contributed by atoms with E-state index in [-0.39, 0.29) is 12.1 Å². The summed E-state index contributed by atoms with van der Waals surface area (Å²) in [6.07, 6.45) is 1.88. The van der Waals surface area contributed by atoms with Gasteiger partial charge in [0.1, 0.15) is 6.10 Å². The van der Waals surface area contributed by atoms with Gasteiger partial charge in [-0.15, -0.1) is 11.3 Å². The molecule has 0 N–H and O–H groups in total. The molecule has 0 fully saturated rings. The highest BCUT2D eigenvalue weighted by atomic mass is 32.1. The first-order chi connectivity index (χ1) is 9.56. The van der Waals surface area contributed by atoms with Crippen molar-refractivity contribution in [1.82, 2.24) is 4.90 Å². The van der Waals surface area contributed by atoms with Gasteiger partial charge in [0.2, 0.25) is 0 Å². The second-order valence-corrected chi connectivity index (χ2v) is 6.26. The molecule has 0 amide bonds. The van der Waals surface area contributed by atoms with Gasteiger partial charge in [0, 0.05) is 18.2 Å². The van der Waals surface area contributed by atoms with Gasteiger partial charge in [-0.2, -0.15) is 0 Å². The number of hydrogen-bond acceptors (Lipinski definition) is 4. The fourth-order valence-corrected chi connectivity index (χ4v) is 3.06. The standard InChI is InChI=1S/C16H27NO2S/c1-5-17(6-2)10-9-13(3)16(19-14(4)18)12-15-8-7-11-20-15/h7-8,11,13,16H,5-6,9-10,12H2,1-4H3/t13-,16+/m1/s1. The Morgan fingerprint density at radius 2 is 2.10 bits per heavy atom. The molecule has 0 aliphatic rings. The molecule has 0 unspecified atom stereocenters. The molecule has 0 bridgehead atoms. The van der Waals surface area contributed by atoms with Crippen LogP contribution >= 0.6 is 11.3 Å². The summed E-state index contributed by atoms with van der Waals surface area (Å²) in [5.74, 6) is 0.197. The van der Waals surface area contributed by atoms with Gasteiger partial charge in [-0.25, -0.2) is 0 Å². The number of carbonyl (C=O) groups excluding carboxylic acids is 1. The Balaban J connectivity index is 2.55. The summed E-state index contributed by atoms with van der Waals surface area (Å²) in [5.41, 5.74) is 0. The number of nitrogens with zero attached hydrogens (tertiary/aromatic N) is 1. The summed E-state index contributed by atoms with van der Waals surface area (Å²) in [5, 5.41) is 2.07. The summed E-state index contributed by atoms with van der Waals surface area (Å²) < 4.78 is 5.53. The molecule has 0 aliphatic carbocycles. The third-order valence-corrected chi connectivity index (χ3v) is 4.63. The summed E-state index contributed by atoms with van der Waals surface area (Å²) in [7, 11) is 0.